The fourth-order valence-corrected chi connectivity index (χ4v) is 2.65. The minimum atomic E-state index is -1.06. The van der Waals surface area contributed by atoms with Gasteiger partial charge in [0.05, 0.1) is 22.5 Å². The van der Waals surface area contributed by atoms with Gasteiger partial charge in [-0.1, -0.05) is 30.9 Å². The molecule has 1 aliphatic rings. The molecule has 1 N–H and O–H groups in total. The second kappa shape index (κ2) is 7.70. The Morgan fingerprint density at radius 2 is 2.04 bits per heavy atom. The first-order valence-corrected chi connectivity index (χ1v) is 8.28. The number of ether oxygens (including phenoxy) is 1. The second-order valence-electron chi connectivity index (χ2n) is 5.89. The minimum absolute atomic E-state index is 0.0950. The maximum atomic E-state index is 12.8. The summed E-state index contributed by atoms with van der Waals surface area (Å²) in [6.45, 7) is 5.75. The molecule has 0 saturated heterocycles. The zero-order valence-corrected chi connectivity index (χ0v) is 14.8. The van der Waals surface area contributed by atoms with Gasteiger partial charge in [-0.25, -0.2) is 4.79 Å². The monoisotopic (exact) mass is 362 g/mol. The van der Waals surface area contributed by atoms with Gasteiger partial charge < -0.3 is 9.84 Å². The van der Waals surface area contributed by atoms with Crippen molar-refractivity contribution >= 4 is 29.4 Å². The normalized spacial score (nSPS) is 15.0. The van der Waals surface area contributed by atoms with Gasteiger partial charge in [0.2, 0.25) is 0 Å². The van der Waals surface area contributed by atoms with Crippen LogP contribution in [0.1, 0.15) is 22.8 Å². The summed E-state index contributed by atoms with van der Waals surface area (Å²) in [4.78, 5) is 24.0. The maximum absolute atomic E-state index is 12.8. The van der Waals surface area contributed by atoms with Crippen LogP contribution in [-0.4, -0.2) is 29.3 Å². The number of carbonyl (C=O) groups excluding carboxylic acids is 1. The van der Waals surface area contributed by atoms with Crippen LogP contribution >= 0.6 is 0 Å². The van der Waals surface area contributed by atoms with Crippen molar-refractivity contribution in [3.63, 3.8) is 0 Å². The Hall–Kier alpha value is -3.67. The van der Waals surface area contributed by atoms with Crippen molar-refractivity contribution in [2.75, 3.05) is 11.6 Å². The van der Waals surface area contributed by atoms with Crippen LogP contribution < -0.4 is 9.75 Å². The molecule has 0 atom stereocenters. The van der Waals surface area contributed by atoms with E-state index in [1.54, 1.807) is 31.2 Å². The summed E-state index contributed by atoms with van der Waals surface area (Å²) in [6.07, 6.45) is 3.40. The number of anilines is 1. The molecule has 0 aromatic heterocycles. The fraction of sp³-hybridized carbons (Fsp3) is 0.0952. The number of amides is 1. The van der Waals surface area contributed by atoms with Crippen molar-refractivity contribution in [3.05, 3.63) is 77.9 Å². The van der Waals surface area contributed by atoms with Crippen LogP contribution in [-0.2, 0) is 4.79 Å². The number of carbonyl (C=O) groups is 2. The summed E-state index contributed by atoms with van der Waals surface area (Å²) in [5, 5.41) is 14.6. The lowest BCUT2D eigenvalue weighted by Crippen LogP contribution is -2.21. The highest BCUT2D eigenvalue weighted by atomic mass is 16.5. The summed E-state index contributed by atoms with van der Waals surface area (Å²) >= 11 is 0. The van der Waals surface area contributed by atoms with E-state index in [4.69, 9.17) is 9.84 Å². The number of aromatic carboxylic acids is 1. The van der Waals surface area contributed by atoms with E-state index in [1.807, 2.05) is 24.3 Å². The lowest BCUT2D eigenvalue weighted by molar-refractivity contribution is -0.114. The highest BCUT2D eigenvalue weighted by molar-refractivity contribution is 6.32. The third-order valence-electron chi connectivity index (χ3n) is 3.94. The van der Waals surface area contributed by atoms with Crippen LogP contribution in [0.4, 0.5) is 5.69 Å². The third kappa shape index (κ3) is 3.95. The third-order valence-corrected chi connectivity index (χ3v) is 3.94. The average Bonchev–Trinajstić information content (AvgIpc) is 2.95. The van der Waals surface area contributed by atoms with Gasteiger partial charge in [-0.2, -0.15) is 10.1 Å². The van der Waals surface area contributed by atoms with Gasteiger partial charge in [-0.05, 0) is 48.9 Å². The molecule has 3 rings (SSSR count). The van der Waals surface area contributed by atoms with Crippen molar-refractivity contribution in [2.45, 2.75) is 6.92 Å². The molecule has 0 unspecified atom stereocenters. The Kier molecular flexibility index (Phi) is 5.17. The molecule has 0 aliphatic carbocycles. The highest BCUT2D eigenvalue weighted by Gasteiger charge is 2.29. The van der Waals surface area contributed by atoms with Gasteiger partial charge in [-0.3, -0.25) is 4.79 Å². The van der Waals surface area contributed by atoms with Crippen molar-refractivity contribution in [1.29, 1.82) is 0 Å². The van der Waals surface area contributed by atoms with E-state index >= 15 is 0 Å². The van der Waals surface area contributed by atoms with E-state index in [2.05, 4.69) is 11.7 Å². The molecule has 0 spiro atoms. The van der Waals surface area contributed by atoms with E-state index < -0.39 is 5.97 Å². The molecule has 2 aromatic carbocycles. The van der Waals surface area contributed by atoms with E-state index in [9.17, 15) is 9.59 Å². The first-order chi connectivity index (χ1) is 13.0. The molecule has 6 nitrogen and oxygen atoms in total. The Balaban J connectivity index is 1.89. The average molecular weight is 362 g/mol. The number of carboxylic acid groups (broad SMARTS) is 1. The van der Waals surface area contributed by atoms with E-state index in [0.29, 0.717) is 29.3 Å². The summed E-state index contributed by atoms with van der Waals surface area (Å²) < 4.78 is 5.51. The summed E-state index contributed by atoms with van der Waals surface area (Å²) in [6, 6.07) is 13.5. The SMILES string of the molecule is C=CCOc1cccc(/C=C2\C(=O)N(c3cccc(C(=O)O)c3)N=C2C)c1. The molecule has 27 heavy (non-hydrogen) atoms. The first kappa shape index (κ1) is 18.1. The highest BCUT2D eigenvalue weighted by Crippen LogP contribution is 2.26. The molecule has 0 bridgehead atoms. The van der Waals surface area contributed by atoms with E-state index in [-0.39, 0.29) is 11.5 Å². The molecule has 6 heteroatoms. The van der Waals surface area contributed by atoms with Crippen LogP contribution in [0.2, 0.25) is 0 Å². The molecule has 0 saturated carbocycles. The quantitative estimate of drug-likeness (QED) is 0.627. The molecular formula is C21H18N2O4. The van der Waals surface area contributed by atoms with Gasteiger partial charge in [0.25, 0.3) is 5.91 Å². The Labute approximate surface area is 156 Å². The molecule has 0 fully saturated rings. The fourth-order valence-electron chi connectivity index (χ4n) is 2.65. The Bertz CT molecular complexity index is 976. The standard InChI is InChI=1S/C21H18N2O4/c1-3-10-27-18-9-4-6-15(11-18)12-19-14(2)22-23(20(19)24)17-8-5-7-16(13-17)21(25)26/h3-9,11-13H,1,10H2,2H3,(H,25,26)/b19-12-. The van der Waals surface area contributed by atoms with Crippen molar-refractivity contribution in [2.24, 2.45) is 5.10 Å². The number of carboxylic acids is 1. The van der Waals surface area contributed by atoms with Gasteiger partial charge in [0.1, 0.15) is 12.4 Å². The van der Waals surface area contributed by atoms with Gasteiger partial charge in [-0.15, -0.1) is 0 Å². The molecule has 136 valence electrons. The van der Waals surface area contributed by atoms with Crippen molar-refractivity contribution < 1.29 is 19.4 Å². The number of nitrogens with zero attached hydrogens (tertiary/aromatic N) is 2. The molecule has 1 heterocycles. The topological polar surface area (TPSA) is 79.2 Å². The van der Waals surface area contributed by atoms with Gasteiger partial charge >= 0.3 is 5.97 Å². The zero-order valence-electron chi connectivity index (χ0n) is 14.8. The largest absolute Gasteiger partial charge is 0.490 e. The predicted molar refractivity (Wildman–Crippen MR) is 104 cm³/mol. The lowest BCUT2D eigenvalue weighted by Gasteiger charge is -2.12. The van der Waals surface area contributed by atoms with Crippen molar-refractivity contribution in [3.8, 4) is 5.75 Å². The minimum Gasteiger partial charge on any atom is -0.490 e. The van der Waals surface area contributed by atoms with Gasteiger partial charge in [0, 0.05) is 0 Å². The lowest BCUT2D eigenvalue weighted by atomic mass is 10.1. The molecule has 2 aromatic rings. The number of hydrogen-bond donors (Lipinski definition) is 1. The predicted octanol–water partition coefficient (Wildman–Crippen LogP) is 3.76. The molecule has 0 radical (unpaired) electrons. The van der Waals surface area contributed by atoms with Crippen LogP contribution in [0.3, 0.4) is 0 Å². The van der Waals surface area contributed by atoms with Gasteiger partial charge in [0.15, 0.2) is 0 Å². The number of benzene rings is 2. The summed E-state index contributed by atoms with van der Waals surface area (Å²) in [7, 11) is 0. The van der Waals surface area contributed by atoms with Crippen LogP contribution in [0.15, 0.2) is 71.9 Å². The molecular weight excluding hydrogens is 344 g/mol. The number of hydrogen-bond acceptors (Lipinski definition) is 4. The van der Waals surface area contributed by atoms with Crippen molar-refractivity contribution in [1.82, 2.24) is 0 Å². The smallest absolute Gasteiger partial charge is 0.335 e. The van der Waals surface area contributed by atoms with E-state index in [1.165, 1.54) is 17.1 Å². The summed E-state index contributed by atoms with van der Waals surface area (Å²) in [5.74, 6) is -0.695. The zero-order chi connectivity index (χ0) is 19.4. The second-order valence-corrected chi connectivity index (χ2v) is 5.89. The summed E-state index contributed by atoms with van der Waals surface area (Å²) in [5.41, 5.74) is 2.30. The maximum Gasteiger partial charge on any atom is 0.335 e. The number of hydrazone groups is 1. The van der Waals surface area contributed by atoms with Crippen LogP contribution in [0.5, 0.6) is 5.75 Å². The molecule has 1 aliphatic heterocycles. The van der Waals surface area contributed by atoms with Crippen LogP contribution in [0, 0.1) is 0 Å². The Morgan fingerprint density at radius 3 is 2.78 bits per heavy atom. The first-order valence-electron chi connectivity index (χ1n) is 8.28. The molecule has 1 amide bonds. The van der Waals surface area contributed by atoms with E-state index in [0.717, 1.165) is 5.56 Å². The Morgan fingerprint density at radius 1 is 1.26 bits per heavy atom. The van der Waals surface area contributed by atoms with Crippen LogP contribution in [0.25, 0.3) is 6.08 Å². The number of rotatable bonds is 6.